The fourth-order valence-corrected chi connectivity index (χ4v) is 1.77. The topological polar surface area (TPSA) is 0 Å². The van der Waals surface area contributed by atoms with Gasteiger partial charge < -0.3 is 22.3 Å². The molecule has 0 aliphatic heterocycles. The normalized spacial score (nSPS) is 8.65. The van der Waals surface area contributed by atoms with Gasteiger partial charge in [-0.15, -0.1) is 42.8 Å². The number of hydrogen-bond acceptors (Lipinski definition) is 0. The van der Waals surface area contributed by atoms with E-state index in [9.17, 15) is 0 Å². The minimum atomic E-state index is 0. The predicted molar refractivity (Wildman–Crippen MR) is 143 cm³/mol. The molecule has 1 aliphatic carbocycles. The summed E-state index contributed by atoms with van der Waals surface area (Å²) in [5.41, 5.74) is 3.22. The summed E-state index contributed by atoms with van der Waals surface area (Å²) in [6.45, 7) is 11.2. The van der Waals surface area contributed by atoms with Gasteiger partial charge in [0.2, 0.25) is 0 Å². The van der Waals surface area contributed by atoms with E-state index >= 15 is 0 Å². The number of allylic oxidation sites excluding steroid dienone is 4. The van der Waals surface area contributed by atoms with Crippen molar-refractivity contribution in [3.8, 4) is 0 Å². The molecular weight excluding hydrogens is 558 g/mol. The van der Waals surface area contributed by atoms with Crippen molar-refractivity contribution in [1.82, 2.24) is 0 Å². The van der Waals surface area contributed by atoms with E-state index in [1.807, 2.05) is 103 Å². The Balaban J connectivity index is -0.0000000925. The van der Waals surface area contributed by atoms with Gasteiger partial charge in [-0.1, -0.05) is 18.2 Å². The van der Waals surface area contributed by atoms with Crippen molar-refractivity contribution in [3.05, 3.63) is 175 Å². The summed E-state index contributed by atoms with van der Waals surface area (Å²) in [5, 5.41) is 0. The molecule has 1 aliphatic rings. The number of hydrogen-bond donors (Lipinski definition) is 0. The van der Waals surface area contributed by atoms with Crippen LogP contribution in [0.15, 0.2) is 109 Å². The second-order valence-corrected chi connectivity index (χ2v) is 5.46. The monoisotopic (exact) mass is 596 g/mol. The molecule has 0 spiro atoms. The van der Waals surface area contributed by atoms with Crippen LogP contribution in [0.5, 0.6) is 0 Å². The Morgan fingerprint density at radius 2 is 0.839 bits per heavy atom. The van der Waals surface area contributed by atoms with Gasteiger partial charge in [-0.2, -0.15) is 79.9 Å². The zero-order valence-corrected chi connectivity index (χ0v) is 27.9. The Kier molecular flexibility index (Phi) is 36.6. The third kappa shape index (κ3) is 26.4. The summed E-state index contributed by atoms with van der Waals surface area (Å²) in [7, 11) is 0. The molecule has 31 heavy (non-hydrogen) atoms. The van der Waals surface area contributed by atoms with Crippen molar-refractivity contribution in [2.24, 2.45) is 0 Å². The van der Waals surface area contributed by atoms with E-state index in [0.717, 1.165) is 23.1 Å². The first kappa shape index (κ1) is 39.9. The van der Waals surface area contributed by atoms with Crippen molar-refractivity contribution in [3.63, 3.8) is 0 Å². The maximum atomic E-state index is 3.72. The molecular formula is C29H38SnZr-7. The fraction of sp³-hybridized carbons (Fsp3) is 0.0345. The van der Waals surface area contributed by atoms with E-state index in [2.05, 4.69) is 32.9 Å². The van der Waals surface area contributed by atoms with Gasteiger partial charge in [0.15, 0.2) is 0 Å². The van der Waals surface area contributed by atoms with E-state index in [4.69, 9.17) is 0 Å². The summed E-state index contributed by atoms with van der Waals surface area (Å²) in [4.78, 5) is 0. The first-order valence-corrected chi connectivity index (χ1v) is 8.51. The SMILES string of the molecule is [C-]1=CC=CC1.[CH2-]c1ccccc1.[CH2-]c1ccccc1.[CH2-]c1ccccc1.[CH3-].[CH3-].[CH3-].[SnH3].[Zr]. The van der Waals surface area contributed by atoms with Gasteiger partial charge in [-0.3, -0.25) is 6.08 Å². The van der Waals surface area contributed by atoms with Gasteiger partial charge in [0.25, 0.3) is 0 Å². The van der Waals surface area contributed by atoms with E-state index < -0.39 is 0 Å². The van der Waals surface area contributed by atoms with E-state index in [1.165, 1.54) is 0 Å². The quantitative estimate of drug-likeness (QED) is 0.192. The molecule has 0 saturated carbocycles. The minimum absolute atomic E-state index is 0. The summed E-state index contributed by atoms with van der Waals surface area (Å²) < 4.78 is 0. The van der Waals surface area contributed by atoms with Crippen LogP contribution in [0.3, 0.4) is 0 Å². The van der Waals surface area contributed by atoms with Gasteiger partial charge in [-0.05, 0) is 0 Å². The Labute approximate surface area is 230 Å². The second-order valence-electron chi connectivity index (χ2n) is 5.46. The Bertz CT molecular complexity index is 636. The van der Waals surface area contributed by atoms with E-state index in [0.29, 0.717) is 0 Å². The van der Waals surface area contributed by atoms with Crippen molar-refractivity contribution in [2.45, 2.75) is 6.42 Å². The first-order valence-electron chi connectivity index (χ1n) is 8.51. The molecule has 0 fully saturated rings. The molecule has 0 saturated heterocycles. The van der Waals surface area contributed by atoms with Crippen LogP contribution in [0.1, 0.15) is 23.1 Å². The largest absolute Gasteiger partial charge is 0 e. The van der Waals surface area contributed by atoms with Crippen LogP contribution in [0, 0.1) is 49.1 Å². The summed E-state index contributed by atoms with van der Waals surface area (Å²) in [5.74, 6) is 0. The average Bonchev–Trinajstić information content (AvgIpc) is 3.25. The fourth-order valence-electron chi connectivity index (χ4n) is 1.77. The maximum Gasteiger partial charge on any atom is 0 e. The van der Waals surface area contributed by atoms with Crippen LogP contribution in [0.2, 0.25) is 0 Å². The van der Waals surface area contributed by atoms with E-state index in [-0.39, 0.29) is 72.4 Å². The van der Waals surface area contributed by atoms with Crippen LogP contribution in [0.25, 0.3) is 0 Å². The zero-order chi connectivity index (χ0) is 18.9. The molecule has 3 aromatic carbocycles. The Morgan fingerprint density at radius 1 is 0.548 bits per heavy atom. The molecule has 0 unspecified atom stereocenters. The Hall–Kier alpha value is -1.57. The maximum absolute atomic E-state index is 3.72. The van der Waals surface area contributed by atoms with Gasteiger partial charge >= 0.3 is 23.9 Å². The van der Waals surface area contributed by atoms with Crippen LogP contribution in [0.4, 0.5) is 0 Å². The van der Waals surface area contributed by atoms with Crippen LogP contribution in [-0.4, -0.2) is 23.9 Å². The second kappa shape index (κ2) is 28.4. The molecule has 0 amide bonds. The van der Waals surface area contributed by atoms with Crippen LogP contribution < -0.4 is 0 Å². The molecule has 169 valence electrons. The van der Waals surface area contributed by atoms with E-state index in [1.54, 1.807) is 0 Å². The molecule has 0 N–H and O–H groups in total. The molecule has 0 nitrogen and oxygen atoms in total. The molecule has 2 heteroatoms. The molecule has 1 radical (unpaired) electrons. The minimum Gasteiger partial charge on any atom is 0 e. The Morgan fingerprint density at radius 3 is 0.935 bits per heavy atom. The first-order chi connectivity index (χ1) is 12.7. The molecule has 0 heterocycles. The zero-order valence-electron chi connectivity index (χ0n) is 19.7. The number of benzene rings is 3. The van der Waals surface area contributed by atoms with Gasteiger partial charge in [-0.25, -0.2) is 12.2 Å². The molecule has 0 bridgehead atoms. The summed E-state index contributed by atoms with van der Waals surface area (Å²) in [6, 6.07) is 29.6. The molecule has 4 rings (SSSR count). The van der Waals surface area contributed by atoms with Crippen LogP contribution in [-0.2, 0) is 26.2 Å². The average molecular weight is 597 g/mol. The summed E-state index contributed by atoms with van der Waals surface area (Å²) >= 11 is 0. The summed E-state index contributed by atoms with van der Waals surface area (Å²) in [6.07, 6.45) is 10.0. The molecule has 0 aromatic heterocycles. The van der Waals surface area contributed by atoms with Gasteiger partial charge in [0.1, 0.15) is 0 Å². The van der Waals surface area contributed by atoms with Crippen molar-refractivity contribution in [1.29, 1.82) is 0 Å². The smallest absolute Gasteiger partial charge is 0 e. The standard InChI is InChI=1S/3C7H7.C5H5.3CH3.Sn.Zr.3H/c3*1-7-5-3-2-4-6-7;1-2-4-5-3-1;;;;;;;;/h3*2-6H,1H2;1-3H,4H2;3*1H3;;;;;/q7*-1;;;;;. The van der Waals surface area contributed by atoms with Gasteiger partial charge in [0.05, 0.1) is 0 Å². The predicted octanol–water partition coefficient (Wildman–Crippen LogP) is 7.08. The van der Waals surface area contributed by atoms with Crippen molar-refractivity contribution in [2.75, 3.05) is 0 Å². The third-order valence-corrected chi connectivity index (χ3v) is 3.11. The molecule has 3 aromatic rings. The molecule has 0 atom stereocenters. The third-order valence-electron chi connectivity index (χ3n) is 3.11. The van der Waals surface area contributed by atoms with Crippen molar-refractivity contribution < 1.29 is 26.2 Å². The van der Waals surface area contributed by atoms with Gasteiger partial charge in [0, 0.05) is 26.2 Å². The van der Waals surface area contributed by atoms with Crippen molar-refractivity contribution >= 4 is 23.9 Å². The number of rotatable bonds is 0. The van der Waals surface area contributed by atoms with Crippen LogP contribution >= 0.6 is 0 Å².